The zero-order chi connectivity index (χ0) is 28.6. The van der Waals surface area contributed by atoms with Gasteiger partial charge in [0.2, 0.25) is 0 Å². The van der Waals surface area contributed by atoms with Gasteiger partial charge in [0, 0.05) is 30.4 Å². The highest BCUT2D eigenvalue weighted by molar-refractivity contribution is 6.10. The van der Waals surface area contributed by atoms with Crippen LogP contribution in [0.4, 0.5) is 0 Å². The number of amides is 1. The van der Waals surface area contributed by atoms with Crippen LogP contribution >= 0.6 is 0 Å². The predicted octanol–water partition coefficient (Wildman–Crippen LogP) is 3.79. The smallest absolute Gasteiger partial charge is 0.253 e. The van der Waals surface area contributed by atoms with Crippen molar-refractivity contribution in [3.63, 3.8) is 0 Å². The molecule has 10 nitrogen and oxygen atoms in total. The van der Waals surface area contributed by atoms with Crippen LogP contribution < -0.4 is 5.32 Å². The Morgan fingerprint density at radius 1 is 0.800 bits per heavy atom. The minimum absolute atomic E-state index is 0.0573. The Balaban J connectivity index is 1.45. The van der Waals surface area contributed by atoms with Gasteiger partial charge in [-0.05, 0) is 91.7 Å². The number of nitrogens with zero attached hydrogens (tertiary/aromatic N) is 5. The van der Waals surface area contributed by atoms with Gasteiger partial charge in [0.1, 0.15) is 39.3 Å². The minimum Gasteiger partial charge on any atom is -0.507 e. The molecule has 0 aliphatic heterocycles. The number of aromatic hydroxyl groups is 3. The van der Waals surface area contributed by atoms with E-state index in [1.165, 1.54) is 18.2 Å². The number of carbonyl (C=O) groups excluding carboxylic acids is 1. The average molecular weight is 549 g/mol. The molecule has 10 heteroatoms. The van der Waals surface area contributed by atoms with Crippen LogP contribution in [0.5, 0.6) is 17.2 Å². The monoisotopic (exact) mass is 548 g/mol. The van der Waals surface area contributed by atoms with Crippen molar-refractivity contribution in [2.45, 2.75) is 75.5 Å². The maximum atomic E-state index is 13.3. The summed E-state index contributed by atoms with van der Waals surface area (Å²) >= 11 is 0. The van der Waals surface area contributed by atoms with Gasteiger partial charge in [-0.1, -0.05) is 0 Å². The van der Waals surface area contributed by atoms with E-state index in [4.69, 9.17) is 4.99 Å². The molecular formula is C30H40N6O4. The summed E-state index contributed by atoms with van der Waals surface area (Å²) in [5.41, 5.74) is 1.27. The predicted molar refractivity (Wildman–Crippen MR) is 157 cm³/mol. The third-order valence-corrected chi connectivity index (χ3v) is 8.67. The van der Waals surface area contributed by atoms with Gasteiger partial charge in [-0.25, -0.2) is 9.97 Å². The van der Waals surface area contributed by atoms with Crippen molar-refractivity contribution >= 4 is 34.2 Å². The maximum absolute atomic E-state index is 13.3. The summed E-state index contributed by atoms with van der Waals surface area (Å²) in [6.45, 7) is 0. The number of aromatic nitrogens is 2. The number of rotatable bonds is 6. The zero-order valence-electron chi connectivity index (χ0n) is 23.8. The summed E-state index contributed by atoms with van der Waals surface area (Å²) in [6.07, 6.45) is 9.39. The van der Waals surface area contributed by atoms with Crippen LogP contribution in [0.25, 0.3) is 22.1 Å². The van der Waals surface area contributed by atoms with Gasteiger partial charge in [-0.3, -0.25) is 9.79 Å². The Kier molecular flexibility index (Phi) is 8.09. The molecule has 0 unspecified atom stereocenters. The molecule has 3 aromatic rings. The summed E-state index contributed by atoms with van der Waals surface area (Å²) in [7, 11) is 8.35. The lowest BCUT2D eigenvalue weighted by atomic mass is 9.90. The quantitative estimate of drug-likeness (QED) is 0.270. The van der Waals surface area contributed by atoms with Gasteiger partial charge in [0.05, 0.1) is 17.2 Å². The second-order valence-corrected chi connectivity index (χ2v) is 11.7. The Hall–Kier alpha value is -3.50. The van der Waals surface area contributed by atoms with Gasteiger partial charge < -0.3 is 30.4 Å². The van der Waals surface area contributed by atoms with Crippen LogP contribution in [-0.2, 0) is 0 Å². The first kappa shape index (κ1) is 28.0. The van der Waals surface area contributed by atoms with Crippen molar-refractivity contribution in [2.75, 3.05) is 28.2 Å². The molecule has 2 aliphatic carbocycles. The third-order valence-electron chi connectivity index (χ3n) is 8.67. The Morgan fingerprint density at radius 2 is 1.38 bits per heavy atom. The highest BCUT2D eigenvalue weighted by atomic mass is 16.3. The molecule has 4 N–H and O–H groups in total. The number of hydrogen-bond donors (Lipinski definition) is 4. The van der Waals surface area contributed by atoms with Crippen molar-refractivity contribution in [3.05, 3.63) is 29.3 Å². The van der Waals surface area contributed by atoms with Crippen LogP contribution in [0.15, 0.2) is 23.2 Å². The molecule has 1 amide bonds. The van der Waals surface area contributed by atoms with Crippen LogP contribution in [-0.4, -0.2) is 99.6 Å². The Bertz CT molecular complexity index is 1420. The number of hydrogen-bond acceptors (Lipinski definition) is 9. The number of phenolic OH excluding ortho intramolecular Hbond substituents is 3. The van der Waals surface area contributed by atoms with E-state index < -0.39 is 0 Å². The molecule has 2 aliphatic rings. The Labute approximate surface area is 234 Å². The molecule has 0 bridgehead atoms. The first-order valence-corrected chi connectivity index (χ1v) is 14.2. The largest absolute Gasteiger partial charge is 0.507 e. The summed E-state index contributed by atoms with van der Waals surface area (Å²) in [5.74, 6) is -0.867. The van der Waals surface area contributed by atoms with E-state index in [1.807, 2.05) is 0 Å². The fourth-order valence-corrected chi connectivity index (χ4v) is 6.10. The first-order valence-electron chi connectivity index (χ1n) is 14.2. The van der Waals surface area contributed by atoms with Crippen molar-refractivity contribution in [2.24, 2.45) is 4.99 Å². The van der Waals surface area contributed by atoms with Gasteiger partial charge in [-0.15, -0.1) is 0 Å². The summed E-state index contributed by atoms with van der Waals surface area (Å²) < 4.78 is 0. The molecule has 2 aromatic carbocycles. The fourth-order valence-electron chi connectivity index (χ4n) is 6.10. The van der Waals surface area contributed by atoms with E-state index in [1.54, 1.807) is 6.21 Å². The summed E-state index contributed by atoms with van der Waals surface area (Å²) in [4.78, 5) is 31.7. The number of carbonyl (C=O) groups is 1. The molecule has 1 heterocycles. The van der Waals surface area contributed by atoms with Crippen molar-refractivity contribution in [1.29, 1.82) is 0 Å². The molecule has 5 rings (SSSR count). The van der Waals surface area contributed by atoms with E-state index in [-0.39, 0.29) is 62.9 Å². The molecule has 2 saturated carbocycles. The zero-order valence-corrected chi connectivity index (χ0v) is 23.8. The highest BCUT2D eigenvalue weighted by Gasteiger charge is 2.26. The van der Waals surface area contributed by atoms with Crippen LogP contribution in [0, 0.1) is 0 Å². The normalized spacial score (nSPS) is 23.9. The fraction of sp³-hybridized carbons (Fsp3) is 0.533. The van der Waals surface area contributed by atoms with Gasteiger partial charge >= 0.3 is 0 Å². The minimum atomic E-state index is -0.291. The topological polar surface area (TPSA) is 134 Å². The highest BCUT2D eigenvalue weighted by Crippen LogP contribution is 2.36. The lowest BCUT2D eigenvalue weighted by molar-refractivity contribution is 0.0917. The molecule has 1 aromatic heterocycles. The lowest BCUT2D eigenvalue weighted by Crippen LogP contribution is -2.41. The molecule has 0 spiro atoms. The molecule has 2 fully saturated rings. The number of nitrogens with one attached hydrogen (secondary N) is 1. The Morgan fingerprint density at radius 3 is 2.00 bits per heavy atom. The lowest BCUT2D eigenvalue weighted by Gasteiger charge is -2.33. The molecule has 214 valence electrons. The second kappa shape index (κ2) is 11.5. The standard InChI is InChI=1S/C30H40N6O4/c1-35(2)19-9-5-17(6-10-19)31-16-22-24(38)15-25(39)29-27(22)34-28-23(37)14-13-21(26(28)33-29)30(40)32-18-7-11-20(12-8-18)36(3)4/h13-20,37-39H,5-12H2,1-4H3,(H,32,40). The van der Waals surface area contributed by atoms with Crippen LogP contribution in [0.3, 0.4) is 0 Å². The third kappa shape index (κ3) is 5.69. The van der Waals surface area contributed by atoms with Gasteiger partial charge in [-0.2, -0.15) is 0 Å². The molecule has 0 saturated heterocycles. The van der Waals surface area contributed by atoms with E-state index in [0.29, 0.717) is 17.6 Å². The molecule has 0 atom stereocenters. The van der Waals surface area contributed by atoms with E-state index >= 15 is 0 Å². The van der Waals surface area contributed by atoms with E-state index in [9.17, 15) is 20.1 Å². The SMILES string of the molecule is CN(C)C1CCC(N=Cc2c(O)cc(O)c3nc4c(C(=O)NC5CCC(N(C)C)CC5)ccc(O)c4nc23)CC1. The number of phenols is 3. The molecular weight excluding hydrogens is 508 g/mol. The average Bonchev–Trinajstić information content (AvgIpc) is 2.93. The first-order chi connectivity index (χ1) is 19.1. The van der Waals surface area contributed by atoms with Crippen molar-refractivity contribution in [3.8, 4) is 17.2 Å². The van der Waals surface area contributed by atoms with Crippen molar-refractivity contribution < 1.29 is 20.1 Å². The van der Waals surface area contributed by atoms with E-state index in [0.717, 1.165) is 51.4 Å². The molecule has 0 radical (unpaired) electrons. The van der Waals surface area contributed by atoms with Crippen LogP contribution in [0.2, 0.25) is 0 Å². The number of fused-ring (bicyclic) bond motifs is 2. The number of aliphatic imine (C=N–C) groups is 1. The van der Waals surface area contributed by atoms with Crippen molar-refractivity contribution in [1.82, 2.24) is 25.1 Å². The second-order valence-electron chi connectivity index (χ2n) is 11.7. The summed E-state index contributed by atoms with van der Waals surface area (Å²) in [6, 6.07) is 5.44. The van der Waals surface area contributed by atoms with Gasteiger partial charge in [0.25, 0.3) is 5.91 Å². The van der Waals surface area contributed by atoms with Gasteiger partial charge in [0.15, 0.2) is 0 Å². The molecule has 40 heavy (non-hydrogen) atoms. The number of benzene rings is 2. The van der Waals surface area contributed by atoms with E-state index in [2.05, 4.69) is 53.3 Å². The maximum Gasteiger partial charge on any atom is 0.253 e. The summed E-state index contributed by atoms with van der Waals surface area (Å²) in [5, 5.41) is 35.2. The van der Waals surface area contributed by atoms with Crippen LogP contribution in [0.1, 0.15) is 67.3 Å².